The van der Waals surface area contributed by atoms with E-state index in [0.29, 0.717) is 34.1 Å². The average Bonchev–Trinajstić information content (AvgIpc) is 3.80. The summed E-state index contributed by atoms with van der Waals surface area (Å²) in [6, 6.07) is 13.0. The number of rotatable bonds is 4. The summed E-state index contributed by atoms with van der Waals surface area (Å²) in [5.74, 6) is -3.46. The first-order valence-electron chi connectivity index (χ1n) is 18.4. The standard InChI is InChI=1S/C41H41ClN4O5S/c1-20-9-8-12-26(35(20)47)34-24-14-15-25-33(39(50)45(37(25)48)23-10-6-5-7-11-23)28(24)18-29-38(49)46(40(51)41(29,34)3)32-19-30(43-44(32)4)36-21(2)27-17-22(42)13-16-31(27)52-36/h8-9,12-14,16-17,19,23,25,28-29,33-34,47H,5-7,10-11,15,18H2,1-4H3/t25-,28+,29-,33-,34+,41+/m0/s1. The Morgan fingerprint density at radius 2 is 1.73 bits per heavy atom. The molecule has 6 atom stereocenters. The van der Waals surface area contributed by atoms with Gasteiger partial charge in [-0.2, -0.15) is 5.10 Å². The summed E-state index contributed by atoms with van der Waals surface area (Å²) in [4.78, 5) is 62.1. The molecule has 9 nitrogen and oxygen atoms in total. The van der Waals surface area contributed by atoms with Crippen molar-refractivity contribution in [1.82, 2.24) is 14.7 Å². The lowest BCUT2D eigenvalue weighted by Gasteiger charge is -2.49. The van der Waals surface area contributed by atoms with E-state index >= 15 is 4.79 Å². The van der Waals surface area contributed by atoms with E-state index in [0.717, 1.165) is 58.2 Å². The highest BCUT2D eigenvalue weighted by molar-refractivity contribution is 7.22. The van der Waals surface area contributed by atoms with Gasteiger partial charge in [0.05, 0.1) is 28.0 Å². The predicted octanol–water partition coefficient (Wildman–Crippen LogP) is 7.84. The summed E-state index contributed by atoms with van der Waals surface area (Å²) >= 11 is 7.90. The van der Waals surface area contributed by atoms with Crippen molar-refractivity contribution in [1.29, 1.82) is 0 Å². The Kier molecular flexibility index (Phi) is 7.66. The maximum absolute atomic E-state index is 15.1. The van der Waals surface area contributed by atoms with Gasteiger partial charge in [-0.1, -0.05) is 60.7 Å². The molecule has 52 heavy (non-hydrogen) atoms. The van der Waals surface area contributed by atoms with Crippen LogP contribution in [0.2, 0.25) is 5.02 Å². The molecule has 0 radical (unpaired) electrons. The summed E-state index contributed by atoms with van der Waals surface area (Å²) in [6.45, 7) is 5.69. The number of hydrogen-bond acceptors (Lipinski definition) is 7. The Labute approximate surface area is 311 Å². The summed E-state index contributed by atoms with van der Waals surface area (Å²) in [6.07, 6.45) is 7.47. The Bertz CT molecular complexity index is 2270. The van der Waals surface area contributed by atoms with E-state index < -0.39 is 35.0 Å². The van der Waals surface area contributed by atoms with Gasteiger partial charge in [0.2, 0.25) is 23.6 Å². The van der Waals surface area contributed by atoms with Crippen molar-refractivity contribution < 1.29 is 24.3 Å². The molecule has 0 spiro atoms. The number of nitrogens with zero attached hydrogens (tertiary/aromatic N) is 4. The quantitative estimate of drug-likeness (QED) is 0.169. The van der Waals surface area contributed by atoms with Crippen LogP contribution in [0.25, 0.3) is 20.7 Å². The largest absolute Gasteiger partial charge is 0.507 e. The fourth-order valence-corrected chi connectivity index (χ4v) is 11.7. The first-order valence-corrected chi connectivity index (χ1v) is 19.6. The molecule has 9 rings (SSSR count). The van der Waals surface area contributed by atoms with Gasteiger partial charge in [0.25, 0.3) is 0 Å². The number of aromatic nitrogens is 2. The summed E-state index contributed by atoms with van der Waals surface area (Å²) in [7, 11) is 1.74. The number of thiophene rings is 1. The first-order chi connectivity index (χ1) is 24.9. The lowest BCUT2D eigenvalue weighted by atomic mass is 9.51. The van der Waals surface area contributed by atoms with Gasteiger partial charge in [0.15, 0.2) is 0 Å². The van der Waals surface area contributed by atoms with Crippen LogP contribution >= 0.6 is 22.9 Å². The van der Waals surface area contributed by atoms with E-state index in [1.54, 1.807) is 34.0 Å². The summed E-state index contributed by atoms with van der Waals surface area (Å²) < 4.78 is 2.65. The molecule has 4 aromatic rings. The van der Waals surface area contributed by atoms with Crippen LogP contribution < -0.4 is 4.90 Å². The number of allylic oxidation sites excluding steroid dienone is 2. The Hall–Kier alpha value is -4.28. The van der Waals surface area contributed by atoms with Gasteiger partial charge in [0, 0.05) is 40.4 Å². The smallest absolute Gasteiger partial charge is 0.242 e. The molecule has 5 aliphatic rings. The van der Waals surface area contributed by atoms with Crippen LogP contribution in [0.3, 0.4) is 0 Å². The zero-order chi connectivity index (χ0) is 36.4. The van der Waals surface area contributed by atoms with Crippen LogP contribution in [0.5, 0.6) is 5.75 Å². The molecule has 1 N–H and O–H groups in total. The zero-order valence-electron chi connectivity index (χ0n) is 29.7. The fourth-order valence-electron chi connectivity index (χ4n) is 10.4. The second kappa shape index (κ2) is 11.9. The van der Waals surface area contributed by atoms with Crippen molar-refractivity contribution in [2.24, 2.45) is 36.1 Å². The number of hydrogen-bond donors (Lipinski definition) is 1. The van der Waals surface area contributed by atoms with Gasteiger partial charge in [-0.25, -0.2) is 4.90 Å². The van der Waals surface area contributed by atoms with Crippen molar-refractivity contribution in [2.75, 3.05) is 4.90 Å². The number of carbonyl (C=O) groups excluding carboxylic acids is 4. The molecule has 11 heteroatoms. The number of carbonyl (C=O) groups is 4. The third-order valence-electron chi connectivity index (χ3n) is 13.0. The van der Waals surface area contributed by atoms with Crippen LogP contribution in [-0.2, 0) is 26.2 Å². The van der Waals surface area contributed by atoms with Crippen molar-refractivity contribution in [3.63, 3.8) is 0 Å². The van der Waals surface area contributed by atoms with E-state index in [4.69, 9.17) is 16.7 Å². The number of amides is 4. The minimum absolute atomic E-state index is 0.0793. The lowest BCUT2D eigenvalue weighted by Crippen LogP contribution is -2.49. The maximum atomic E-state index is 15.1. The van der Waals surface area contributed by atoms with Gasteiger partial charge in [-0.05, 0) is 87.1 Å². The number of para-hydroxylation sites is 1. The molecular formula is C41H41ClN4O5S. The van der Waals surface area contributed by atoms with Gasteiger partial charge in [-0.15, -0.1) is 11.3 Å². The lowest BCUT2D eigenvalue weighted by molar-refractivity contribution is -0.144. The normalized spacial score (nSPS) is 29.2. The second-order valence-electron chi connectivity index (χ2n) is 15.7. The number of phenols is 1. The molecule has 2 aliphatic heterocycles. The highest BCUT2D eigenvalue weighted by Crippen LogP contribution is 2.64. The molecule has 4 amide bonds. The number of anilines is 1. The highest BCUT2D eigenvalue weighted by atomic mass is 35.5. The van der Waals surface area contributed by atoms with Crippen molar-refractivity contribution in [3.05, 3.63) is 75.8 Å². The maximum Gasteiger partial charge on any atom is 0.242 e. The monoisotopic (exact) mass is 736 g/mol. The van der Waals surface area contributed by atoms with Gasteiger partial charge >= 0.3 is 0 Å². The van der Waals surface area contributed by atoms with E-state index in [9.17, 15) is 19.5 Å². The van der Waals surface area contributed by atoms with E-state index in [1.165, 1.54) is 4.90 Å². The fraction of sp³-hybridized carbons (Fsp3) is 0.439. The molecule has 268 valence electrons. The Balaban J connectivity index is 1.15. The number of halogens is 1. The third-order valence-corrected chi connectivity index (χ3v) is 14.6. The van der Waals surface area contributed by atoms with Gasteiger partial charge < -0.3 is 5.11 Å². The number of fused-ring (bicyclic) bond motifs is 5. The summed E-state index contributed by atoms with van der Waals surface area (Å²) in [5, 5.41) is 18.1. The van der Waals surface area contributed by atoms with Crippen LogP contribution in [0, 0.1) is 42.9 Å². The number of phenolic OH excluding ortho intramolecular Hbond substituents is 1. The molecular weight excluding hydrogens is 696 g/mol. The number of benzene rings is 2. The van der Waals surface area contributed by atoms with Gasteiger partial charge in [-0.3, -0.25) is 28.8 Å². The topological polar surface area (TPSA) is 113 Å². The minimum Gasteiger partial charge on any atom is -0.507 e. The molecule has 2 aromatic heterocycles. The number of imide groups is 2. The van der Waals surface area contributed by atoms with Crippen molar-refractivity contribution in [2.45, 2.75) is 77.7 Å². The summed E-state index contributed by atoms with van der Waals surface area (Å²) in [5.41, 5.74) is 2.51. The molecule has 0 bridgehead atoms. The molecule has 2 aromatic carbocycles. The van der Waals surface area contributed by atoms with Crippen LogP contribution in [0.1, 0.15) is 74.5 Å². The predicted molar refractivity (Wildman–Crippen MR) is 200 cm³/mol. The number of aryl methyl sites for hydroxylation is 3. The first kappa shape index (κ1) is 33.5. The SMILES string of the molecule is Cc1cccc([C@H]2C3=CC[C@@H]4C(=O)N(C5CCCCC5)C(=O)[C@@H]4[C@@H]3C[C@H]3C(=O)N(c4cc(-c5sc6ccc(Cl)cc6c5C)nn4C)C(=O)[C@@]23C)c1O. The molecule has 2 saturated carbocycles. The van der Waals surface area contributed by atoms with Crippen LogP contribution in [0.15, 0.2) is 54.1 Å². The van der Waals surface area contributed by atoms with Crippen molar-refractivity contribution >= 4 is 62.5 Å². The molecule has 4 heterocycles. The highest BCUT2D eigenvalue weighted by Gasteiger charge is 2.68. The van der Waals surface area contributed by atoms with E-state index in [-0.39, 0.29) is 41.8 Å². The Morgan fingerprint density at radius 3 is 2.50 bits per heavy atom. The van der Waals surface area contributed by atoms with Gasteiger partial charge in [0.1, 0.15) is 17.3 Å². The minimum atomic E-state index is -1.26. The van der Waals surface area contributed by atoms with Crippen LogP contribution in [-0.4, -0.2) is 49.5 Å². The molecule has 0 unspecified atom stereocenters. The zero-order valence-corrected chi connectivity index (χ0v) is 31.3. The number of likely N-dealkylation sites (tertiary alicyclic amines) is 1. The average molecular weight is 737 g/mol. The molecule has 2 saturated heterocycles. The third kappa shape index (κ3) is 4.55. The molecule has 4 fully saturated rings. The number of aromatic hydroxyl groups is 1. The van der Waals surface area contributed by atoms with Crippen LogP contribution in [0.4, 0.5) is 5.82 Å². The van der Waals surface area contributed by atoms with E-state index in [2.05, 4.69) is 0 Å². The molecule has 3 aliphatic carbocycles. The Morgan fingerprint density at radius 1 is 0.962 bits per heavy atom. The van der Waals surface area contributed by atoms with Crippen molar-refractivity contribution in [3.8, 4) is 16.3 Å². The second-order valence-corrected chi connectivity index (χ2v) is 17.2. The van der Waals surface area contributed by atoms with E-state index in [1.807, 2.05) is 63.2 Å².